The van der Waals surface area contributed by atoms with Gasteiger partial charge in [-0.15, -0.1) is 0 Å². The summed E-state index contributed by atoms with van der Waals surface area (Å²) in [6.07, 6.45) is 4.34. The maximum Gasteiger partial charge on any atom is 0.308 e. The van der Waals surface area contributed by atoms with Gasteiger partial charge in [0.2, 0.25) is 5.91 Å². The molecule has 2 unspecified atom stereocenters. The zero-order chi connectivity index (χ0) is 13.1. The molecular weight excluding hydrogens is 232 g/mol. The normalized spacial score (nSPS) is 29.3. The van der Waals surface area contributed by atoms with Crippen LogP contribution in [-0.2, 0) is 14.3 Å². The van der Waals surface area contributed by atoms with Crippen molar-refractivity contribution < 1.29 is 14.3 Å². The molecule has 2 fully saturated rings. The van der Waals surface area contributed by atoms with Crippen molar-refractivity contribution in [1.29, 1.82) is 0 Å². The van der Waals surface area contributed by atoms with Crippen LogP contribution in [0.25, 0.3) is 0 Å². The molecule has 1 amide bonds. The summed E-state index contributed by atoms with van der Waals surface area (Å²) in [6.45, 7) is 1.31. The van der Waals surface area contributed by atoms with Crippen LogP contribution in [0.15, 0.2) is 0 Å². The number of rotatable bonds is 2. The number of nitrogens with zero attached hydrogens (tertiary/aromatic N) is 1. The van der Waals surface area contributed by atoms with Crippen LogP contribution in [0.2, 0.25) is 0 Å². The SMILES string of the molecule is COC(=O)C1CCN(C(=O)C2CCCC2N)CC1. The number of hydrogen-bond acceptors (Lipinski definition) is 4. The second-order valence-corrected chi connectivity index (χ2v) is 5.32. The Morgan fingerprint density at radius 1 is 1.17 bits per heavy atom. The number of amides is 1. The van der Waals surface area contributed by atoms with Crippen LogP contribution in [0, 0.1) is 11.8 Å². The van der Waals surface area contributed by atoms with E-state index < -0.39 is 0 Å². The van der Waals surface area contributed by atoms with E-state index in [1.807, 2.05) is 4.90 Å². The number of nitrogens with two attached hydrogens (primary N) is 1. The Morgan fingerprint density at radius 3 is 2.33 bits per heavy atom. The molecule has 2 rings (SSSR count). The second-order valence-electron chi connectivity index (χ2n) is 5.32. The summed E-state index contributed by atoms with van der Waals surface area (Å²) in [5.74, 6) is -0.0149. The number of likely N-dealkylation sites (tertiary alicyclic amines) is 1. The quantitative estimate of drug-likeness (QED) is 0.729. The van der Waals surface area contributed by atoms with Gasteiger partial charge >= 0.3 is 5.97 Å². The number of hydrogen-bond donors (Lipinski definition) is 1. The van der Waals surface area contributed by atoms with Crippen LogP contribution in [0.3, 0.4) is 0 Å². The molecule has 2 N–H and O–H groups in total. The Bertz CT molecular complexity index is 324. The summed E-state index contributed by atoms with van der Waals surface area (Å²) in [7, 11) is 1.41. The minimum atomic E-state index is -0.153. The fraction of sp³-hybridized carbons (Fsp3) is 0.846. The van der Waals surface area contributed by atoms with Crippen molar-refractivity contribution >= 4 is 11.9 Å². The highest BCUT2D eigenvalue weighted by Crippen LogP contribution is 2.28. The molecule has 5 heteroatoms. The fourth-order valence-electron chi connectivity index (χ4n) is 3.03. The Labute approximate surface area is 108 Å². The van der Waals surface area contributed by atoms with Crippen LogP contribution in [-0.4, -0.2) is 43.0 Å². The molecule has 5 nitrogen and oxygen atoms in total. The lowest BCUT2D eigenvalue weighted by Gasteiger charge is -2.33. The van der Waals surface area contributed by atoms with Gasteiger partial charge in [0.05, 0.1) is 18.9 Å². The van der Waals surface area contributed by atoms with Gasteiger partial charge in [0.15, 0.2) is 0 Å². The summed E-state index contributed by atoms with van der Waals surface area (Å²) in [5, 5.41) is 0. The summed E-state index contributed by atoms with van der Waals surface area (Å²) in [5.41, 5.74) is 5.96. The van der Waals surface area contributed by atoms with E-state index in [-0.39, 0.29) is 29.8 Å². The van der Waals surface area contributed by atoms with Crippen LogP contribution in [0.1, 0.15) is 32.1 Å². The van der Waals surface area contributed by atoms with E-state index in [1.165, 1.54) is 7.11 Å². The van der Waals surface area contributed by atoms with Gasteiger partial charge in [-0.2, -0.15) is 0 Å². The molecule has 0 aromatic carbocycles. The highest BCUT2D eigenvalue weighted by molar-refractivity contribution is 5.80. The minimum absolute atomic E-state index is 0.000299. The van der Waals surface area contributed by atoms with E-state index in [0.717, 1.165) is 19.3 Å². The molecule has 0 aromatic rings. The number of piperidine rings is 1. The molecule has 2 aliphatic rings. The average molecular weight is 254 g/mol. The number of ether oxygens (including phenoxy) is 1. The maximum absolute atomic E-state index is 12.3. The van der Waals surface area contributed by atoms with E-state index >= 15 is 0 Å². The molecule has 1 saturated heterocycles. The van der Waals surface area contributed by atoms with E-state index in [0.29, 0.717) is 25.9 Å². The lowest BCUT2D eigenvalue weighted by atomic mass is 9.94. The predicted molar refractivity (Wildman–Crippen MR) is 66.6 cm³/mol. The van der Waals surface area contributed by atoms with Crippen LogP contribution in [0.4, 0.5) is 0 Å². The van der Waals surface area contributed by atoms with Gasteiger partial charge in [0, 0.05) is 19.1 Å². The summed E-state index contributed by atoms with van der Waals surface area (Å²) < 4.78 is 4.74. The molecule has 2 atom stereocenters. The minimum Gasteiger partial charge on any atom is -0.469 e. The molecule has 0 radical (unpaired) electrons. The van der Waals surface area contributed by atoms with Gasteiger partial charge < -0.3 is 15.4 Å². The Hall–Kier alpha value is -1.10. The summed E-state index contributed by atoms with van der Waals surface area (Å²) in [4.78, 5) is 25.6. The highest BCUT2D eigenvalue weighted by atomic mass is 16.5. The van der Waals surface area contributed by atoms with Crippen molar-refractivity contribution in [1.82, 2.24) is 4.90 Å². The van der Waals surface area contributed by atoms with Crippen LogP contribution < -0.4 is 5.73 Å². The van der Waals surface area contributed by atoms with Crippen molar-refractivity contribution in [3.8, 4) is 0 Å². The van der Waals surface area contributed by atoms with Gasteiger partial charge in [0.25, 0.3) is 0 Å². The first-order valence-electron chi connectivity index (χ1n) is 6.75. The molecule has 1 saturated carbocycles. The molecule has 1 aliphatic heterocycles. The van der Waals surface area contributed by atoms with E-state index in [1.54, 1.807) is 0 Å². The third-order valence-corrected chi connectivity index (χ3v) is 4.23. The molecule has 0 bridgehead atoms. The lowest BCUT2D eigenvalue weighted by Crippen LogP contribution is -2.46. The average Bonchev–Trinajstić information content (AvgIpc) is 2.83. The molecular formula is C13H22N2O3. The third-order valence-electron chi connectivity index (χ3n) is 4.23. The Balaban J connectivity index is 1.86. The summed E-state index contributed by atoms with van der Waals surface area (Å²) in [6, 6.07) is 0.0239. The highest BCUT2D eigenvalue weighted by Gasteiger charge is 2.35. The Kier molecular flexibility index (Phi) is 4.22. The van der Waals surface area contributed by atoms with Gasteiger partial charge in [-0.1, -0.05) is 6.42 Å². The van der Waals surface area contributed by atoms with Crippen molar-refractivity contribution in [3.63, 3.8) is 0 Å². The van der Waals surface area contributed by atoms with E-state index in [9.17, 15) is 9.59 Å². The second kappa shape index (κ2) is 5.69. The van der Waals surface area contributed by atoms with Crippen LogP contribution >= 0.6 is 0 Å². The van der Waals surface area contributed by atoms with Gasteiger partial charge in [0.1, 0.15) is 0 Å². The van der Waals surface area contributed by atoms with E-state index in [2.05, 4.69) is 0 Å². The molecule has 1 aliphatic carbocycles. The van der Waals surface area contributed by atoms with E-state index in [4.69, 9.17) is 10.5 Å². The maximum atomic E-state index is 12.3. The first-order valence-corrected chi connectivity index (χ1v) is 6.75. The molecule has 18 heavy (non-hydrogen) atoms. The van der Waals surface area contributed by atoms with Gasteiger partial charge in [-0.05, 0) is 25.7 Å². The topological polar surface area (TPSA) is 72.6 Å². The number of esters is 1. The van der Waals surface area contributed by atoms with Crippen molar-refractivity contribution in [3.05, 3.63) is 0 Å². The Morgan fingerprint density at radius 2 is 1.83 bits per heavy atom. The van der Waals surface area contributed by atoms with Crippen molar-refractivity contribution in [2.75, 3.05) is 20.2 Å². The first kappa shape index (κ1) is 13.3. The molecule has 1 heterocycles. The standard InChI is InChI=1S/C13H22N2O3/c1-18-13(17)9-5-7-15(8-6-9)12(16)10-3-2-4-11(10)14/h9-11H,2-8,14H2,1H3. The smallest absolute Gasteiger partial charge is 0.308 e. The first-order chi connectivity index (χ1) is 8.63. The number of methoxy groups -OCH3 is 1. The van der Waals surface area contributed by atoms with Crippen molar-refractivity contribution in [2.24, 2.45) is 17.6 Å². The van der Waals surface area contributed by atoms with Gasteiger partial charge in [-0.3, -0.25) is 9.59 Å². The zero-order valence-corrected chi connectivity index (χ0v) is 10.9. The van der Waals surface area contributed by atoms with Gasteiger partial charge in [-0.25, -0.2) is 0 Å². The number of carbonyl (C=O) groups is 2. The number of carbonyl (C=O) groups excluding carboxylic acids is 2. The summed E-state index contributed by atoms with van der Waals surface area (Å²) >= 11 is 0. The fourth-order valence-corrected chi connectivity index (χ4v) is 3.03. The zero-order valence-electron chi connectivity index (χ0n) is 10.9. The van der Waals surface area contributed by atoms with Crippen molar-refractivity contribution in [2.45, 2.75) is 38.1 Å². The predicted octanol–water partition coefficient (Wildman–Crippen LogP) is 0.525. The molecule has 0 aromatic heterocycles. The molecule has 102 valence electrons. The molecule has 0 spiro atoms. The monoisotopic (exact) mass is 254 g/mol. The lowest BCUT2D eigenvalue weighted by molar-refractivity contribution is -0.149. The third kappa shape index (κ3) is 2.66. The van der Waals surface area contributed by atoms with Crippen LogP contribution in [0.5, 0.6) is 0 Å². The largest absolute Gasteiger partial charge is 0.469 e.